The summed E-state index contributed by atoms with van der Waals surface area (Å²) in [4.78, 5) is 33.6. The van der Waals surface area contributed by atoms with Crippen molar-refractivity contribution in [3.8, 4) is 0 Å². The Kier molecular flexibility index (Phi) is 8.16. The van der Waals surface area contributed by atoms with Gasteiger partial charge < -0.3 is 25.4 Å². The third kappa shape index (κ3) is 6.12. The fourth-order valence-corrected chi connectivity index (χ4v) is 7.48. The molecular weight excluding hydrogens is 618 g/mol. The Morgan fingerprint density at radius 3 is 2.35 bits per heavy atom. The van der Waals surface area contributed by atoms with E-state index in [2.05, 4.69) is 42.7 Å². The maximum Gasteiger partial charge on any atom is 0.272 e. The summed E-state index contributed by atoms with van der Waals surface area (Å²) in [5.41, 5.74) is 1.86. The van der Waals surface area contributed by atoms with Crippen LogP contribution in [-0.2, 0) is 22.0 Å². The molecule has 1 fully saturated rings. The largest absolute Gasteiger partial charge is 0.369 e. The Morgan fingerprint density at radius 2 is 1.67 bits per heavy atom. The van der Waals surface area contributed by atoms with Crippen molar-refractivity contribution < 1.29 is 26.8 Å². The van der Waals surface area contributed by atoms with Crippen molar-refractivity contribution in [3.63, 3.8) is 0 Å². The van der Waals surface area contributed by atoms with Gasteiger partial charge >= 0.3 is 0 Å². The number of hydrogen-bond acceptors (Lipinski definition) is 7. The number of carbonyl (C=O) groups is 2. The summed E-state index contributed by atoms with van der Waals surface area (Å²) in [5, 5.41) is 12.9. The van der Waals surface area contributed by atoms with Crippen molar-refractivity contribution in [1.29, 1.82) is 0 Å². The number of fused-ring (bicyclic) bond motifs is 1. The van der Waals surface area contributed by atoms with E-state index in [0.29, 0.717) is 23.0 Å². The third-order valence-corrected chi connectivity index (χ3v) is 10.1. The van der Waals surface area contributed by atoms with Gasteiger partial charge in [-0.2, -0.15) is 9.40 Å². The Balaban J connectivity index is 1.30. The Bertz CT molecular complexity index is 1880. The molecule has 2 aliphatic rings. The highest BCUT2D eigenvalue weighted by Crippen LogP contribution is 2.38. The van der Waals surface area contributed by atoms with E-state index < -0.39 is 43.8 Å². The number of likely N-dealkylation sites (N-methyl/N-ethyl adjacent to an activating group) is 1. The molecule has 2 aromatic carbocycles. The van der Waals surface area contributed by atoms with Crippen molar-refractivity contribution >= 4 is 39.0 Å². The van der Waals surface area contributed by atoms with E-state index in [1.54, 1.807) is 44.3 Å². The SMILES string of the molecule is CN1CCN(c2ccc(C(=O)Nc3n[nH]c4c3CN(S(=O)(=O)c3cc(F)cc(F)c3)CC4(C)C)c(NC(=O)c3ccc[nH]3)c2)CC1. The first-order valence-electron chi connectivity index (χ1n) is 14.7. The number of aromatic amines is 2. The number of rotatable bonds is 7. The van der Waals surface area contributed by atoms with E-state index in [1.807, 2.05) is 6.07 Å². The molecule has 0 bridgehead atoms. The molecule has 0 radical (unpaired) electrons. The number of carbonyl (C=O) groups excluding carboxylic acids is 2. The number of amides is 2. The van der Waals surface area contributed by atoms with Gasteiger partial charge in [-0.15, -0.1) is 0 Å². The lowest BCUT2D eigenvalue weighted by Gasteiger charge is -2.36. The summed E-state index contributed by atoms with van der Waals surface area (Å²) in [6.07, 6.45) is 1.62. The van der Waals surface area contributed by atoms with Crippen molar-refractivity contribution in [2.45, 2.75) is 30.7 Å². The van der Waals surface area contributed by atoms with Crippen LogP contribution in [0, 0.1) is 11.6 Å². The van der Waals surface area contributed by atoms with Gasteiger partial charge in [0.1, 0.15) is 17.3 Å². The second-order valence-electron chi connectivity index (χ2n) is 12.2. The Morgan fingerprint density at radius 1 is 0.957 bits per heavy atom. The number of nitrogens with zero attached hydrogens (tertiary/aromatic N) is 4. The van der Waals surface area contributed by atoms with E-state index in [0.717, 1.165) is 48.3 Å². The standard InChI is InChI=1S/C31H34F2N8O4S/c1-31(2)18-41(46(44,45)22-14-19(32)13-20(33)15-22)17-24-27(31)37-38-28(24)36-29(42)23-7-6-21(40-11-9-39(3)10-12-40)16-26(23)35-30(43)25-5-4-8-34-25/h4-8,13-16,34H,9-12,17-18H2,1-3H3,(H,35,43)(H2,36,37,38,42). The Hall–Kier alpha value is -4.60. The van der Waals surface area contributed by atoms with Crippen LogP contribution in [0.25, 0.3) is 0 Å². The third-order valence-electron chi connectivity index (χ3n) is 8.36. The summed E-state index contributed by atoms with van der Waals surface area (Å²) in [5.74, 6) is -2.92. The van der Waals surface area contributed by atoms with Crippen LogP contribution in [-0.4, -0.2) is 84.4 Å². The molecule has 0 unspecified atom stereocenters. The molecule has 6 rings (SSSR count). The summed E-state index contributed by atoms with van der Waals surface area (Å²) in [6, 6.07) is 10.7. The topological polar surface area (TPSA) is 147 Å². The molecule has 1 saturated heterocycles. The lowest BCUT2D eigenvalue weighted by molar-refractivity contribution is 0.102. The molecule has 4 aromatic rings. The number of hydrogen-bond donors (Lipinski definition) is 4. The molecule has 15 heteroatoms. The van der Waals surface area contributed by atoms with Gasteiger partial charge in [-0.1, -0.05) is 13.8 Å². The lowest BCUT2D eigenvalue weighted by atomic mass is 9.84. The molecule has 0 aliphatic carbocycles. The van der Waals surface area contributed by atoms with E-state index in [-0.39, 0.29) is 30.2 Å². The average Bonchev–Trinajstić information content (AvgIpc) is 3.68. The zero-order valence-corrected chi connectivity index (χ0v) is 26.3. The van der Waals surface area contributed by atoms with Gasteiger partial charge in [0.05, 0.1) is 16.1 Å². The van der Waals surface area contributed by atoms with Crippen LogP contribution in [0.4, 0.5) is 26.0 Å². The highest BCUT2D eigenvalue weighted by molar-refractivity contribution is 7.89. The molecule has 46 heavy (non-hydrogen) atoms. The van der Waals surface area contributed by atoms with Crippen LogP contribution >= 0.6 is 0 Å². The fraction of sp³-hybridized carbons (Fsp3) is 0.323. The van der Waals surface area contributed by atoms with Crippen LogP contribution in [0.5, 0.6) is 0 Å². The predicted octanol–water partition coefficient (Wildman–Crippen LogP) is 3.75. The number of anilines is 3. The number of piperazine rings is 1. The first-order valence-corrected chi connectivity index (χ1v) is 16.1. The maximum atomic E-state index is 14.0. The monoisotopic (exact) mass is 652 g/mol. The maximum absolute atomic E-state index is 14.0. The van der Waals surface area contributed by atoms with Gasteiger partial charge in [0.25, 0.3) is 11.8 Å². The van der Waals surface area contributed by atoms with Crippen molar-refractivity contribution in [2.75, 3.05) is 55.3 Å². The molecule has 0 saturated carbocycles. The summed E-state index contributed by atoms with van der Waals surface area (Å²) in [7, 11) is -2.26. The Labute approximate surface area is 264 Å². The number of sulfonamides is 1. The quantitative estimate of drug-likeness (QED) is 0.238. The lowest BCUT2D eigenvalue weighted by Crippen LogP contribution is -2.45. The number of H-pyrrole nitrogens is 2. The molecule has 0 spiro atoms. The van der Waals surface area contributed by atoms with Gasteiger partial charge in [0.15, 0.2) is 5.82 Å². The minimum Gasteiger partial charge on any atom is -0.369 e. The number of nitrogens with one attached hydrogen (secondary N) is 4. The van der Waals surface area contributed by atoms with Gasteiger partial charge in [-0.05, 0) is 49.5 Å². The van der Waals surface area contributed by atoms with Gasteiger partial charge in [0, 0.05) is 73.9 Å². The van der Waals surface area contributed by atoms with Crippen molar-refractivity contribution in [1.82, 2.24) is 24.4 Å². The van der Waals surface area contributed by atoms with E-state index in [1.165, 1.54) is 0 Å². The van der Waals surface area contributed by atoms with Gasteiger partial charge in [-0.25, -0.2) is 17.2 Å². The van der Waals surface area contributed by atoms with Gasteiger partial charge in [-0.3, -0.25) is 14.7 Å². The molecule has 2 aromatic heterocycles. The van der Waals surface area contributed by atoms with E-state index >= 15 is 0 Å². The van der Waals surface area contributed by atoms with Crippen molar-refractivity contribution in [2.24, 2.45) is 0 Å². The predicted molar refractivity (Wildman–Crippen MR) is 168 cm³/mol. The number of halogens is 2. The normalized spacial score (nSPS) is 17.0. The van der Waals surface area contributed by atoms with Crippen LogP contribution in [0.15, 0.2) is 59.6 Å². The molecule has 242 valence electrons. The highest BCUT2D eigenvalue weighted by Gasteiger charge is 2.41. The molecule has 12 nitrogen and oxygen atoms in total. The minimum absolute atomic E-state index is 0.00127. The van der Waals surface area contributed by atoms with Crippen molar-refractivity contribution in [3.05, 3.63) is 88.9 Å². The highest BCUT2D eigenvalue weighted by atomic mass is 32.2. The summed E-state index contributed by atoms with van der Waals surface area (Å²) >= 11 is 0. The second-order valence-corrected chi connectivity index (χ2v) is 14.1. The van der Waals surface area contributed by atoms with Crippen LogP contribution < -0.4 is 15.5 Å². The zero-order valence-electron chi connectivity index (χ0n) is 25.5. The molecular formula is C31H34F2N8O4S. The van der Waals surface area contributed by atoms with E-state index in [9.17, 15) is 26.8 Å². The first kappa shape index (κ1) is 31.4. The molecule has 4 N–H and O–H groups in total. The average molecular weight is 653 g/mol. The first-order chi connectivity index (χ1) is 21.8. The minimum atomic E-state index is -4.32. The number of benzene rings is 2. The fourth-order valence-electron chi connectivity index (χ4n) is 5.86. The molecule has 4 heterocycles. The van der Waals surface area contributed by atoms with E-state index in [4.69, 9.17) is 0 Å². The van der Waals surface area contributed by atoms with Crippen LogP contribution in [0.2, 0.25) is 0 Å². The van der Waals surface area contributed by atoms with Crippen LogP contribution in [0.1, 0.15) is 46.0 Å². The smallest absolute Gasteiger partial charge is 0.272 e. The molecule has 2 aliphatic heterocycles. The molecule has 0 atom stereocenters. The summed E-state index contributed by atoms with van der Waals surface area (Å²) in [6.45, 7) is 6.69. The number of aromatic nitrogens is 3. The summed E-state index contributed by atoms with van der Waals surface area (Å²) < 4.78 is 56.1. The van der Waals surface area contributed by atoms with Crippen LogP contribution in [0.3, 0.4) is 0 Å². The zero-order chi connectivity index (χ0) is 32.8. The van der Waals surface area contributed by atoms with Gasteiger partial charge in [0.2, 0.25) is 10.0 Å². The molecule has 2 amide bonds. The second kappa shape index (κ2) is 12.0.